The number of phenols is 1. The second-order valence-corrected chi connectivity index (χ2v) is 5.77. The van der Waals surface area contributed by atoms with E-state index >= 15 is 0 Å². The number of fused-ring (bicyclic) bond motifs is 1. The summed E-state index contributed by atoms with van der Waals surface area (Å²) in [5.41, 5.74) is 3.27. The summed E-state index contributed by atoms with van der Waals surface area (Å²) >= 11 is 0. The molecule has 0 aliphatic heterocycles. The molecule has 2 heterocycles. The highest BCUT2D eigenvalue weighted by molar-refractivity contribution is 5.76. The molecule has 8 heteroatoms. The summed E-state index contributed by atoms with van der Waals surface area (Å²) in [5.74, 6) is 0.730. The quantitative estimate of drug-likeness (QED) is 0.417. The van der Waals surface area contributed by atoms with E-state index in [1.165, 1.54) is 12.1 Å². The van der Waals surface area contributed by atoms with E-state index < -0.39 is 4.92 Å². The van der Waals surface area contributed by atoms with E-state index in [1.807, 2.05) is 0 Å². The van der Waals surface area contributed by atoms with Gasteiger partial charge < -0.3 is 10.4 Å². The van der Waals surface area contributed by atoms with Crippen molar-refractivity contribution in [3.05, 3.63) is 77.0 Å². The summed E-state index contributed by atoms with van der Waals surface area (Å²) in [6, 6.07) is 16.3. The van der Waals surface area contributed by atoms with Crippen LogP contribution in [-0.4, -0.2) is 25.0 Å². The summed E-state index contributed by atoms with van der Waals surface area (Å²) in [6.07, 6.45) is 1.65. The van der Waals surface area contributed by atoms with E-state index in [-0.39, 0.29) is 11.4 Å². The number of nitrogens with zero attached hydrogens (tertiary/aromatic N) is 4. The van der Waals surface area contributed by atoms with Gasteiger partial charge in [0.25, 0.3) is 5.69 Å². The SMILES string of the molecule is O=[N+]([O-])c1ccc(Nc2ccc3ncc(-c4ccc(O)cc4)nc3n2)cc1. The zero-order chi connectivity index (χ0) is 18.8. The van der Waals surface area contributed by atoms with Crippen molar-refractivity contribution < 1.29 is 10.0 Å². The van der Waals surface area contributed by atoms with Crippen molar-refractivity contribution in [3.8, 4) is 17.0 Å². The van der Waals surface area contributed by atoms with Gasteiger partial charge in [0.15, 0.2) is 5.65 Å². The van der Waals surface area contributed by atoms with Crippen LogP contribution in [0.5, 0.6) is 5.75 Å². The number of hydrogen-bond acceptors (Lipinski definition) is 7. The number of nitro groups is 1. The van der Waals surface area contributed by atoms with E-state index in [0.717, 1.165) is 5.56 Å². The van der Waals surface area contributed by atoms with Crippen molar-refractivity contribution in [2.75, 3.05) is 5.32 Å². The van der Waals surface area contributed by atoms with E-state index in [9.17, 15) is 15.2 Å². The molecule has 0 aliphatic rings. The molecule has 0 amide bonds. The number of benzene rings is 2. The highest BCUT2D eigenvalue weighted by atomic mass is 16.6. The van der Waals surface area contributed by atoms with Gasteiger partial charge in [0.1, 0.15) is 17.1 Å². The third-order valence-corrected chi connectivity index (χ3v) is 3.92. The molecule has 2 aromatic carbocycles. The molecule has 0 unspecified atom stereocenters. The average Bonchev–Trinajstić information content (AvgIpc) is 2.68. The van der Waals surface area contributed by atoms with Crippen molar-refractivity contribution in [2.45, 2.75) is 0 Å². The number of anilines is 2. The first-order chi connectivity index (χ1) is 13.1. The Balaban J connectivity index is 1.64. The van der Waals surface area contributed by atoms with Crippen LogP contribution >= 0.6 is 0 Å². The number of non-ortho nitro benzene ring substituents is 1. The molecule has 0 spiro atoms. The zero-order valence-electron chi connectivity index (χ0n) is 13.9. The van der Waals surface area contributed by atoms with Gasteiger partial charge in [-0.25, -0.2) is 9.97 Å². The van der Waals surface area contributed by atoms with Gasteiger partial charge in [-0.15, -0.1) is 0 Å². The number of aromatic nitrogens is 3. The number of rotatable bonds is 4. The van der Waals surface area contributed by atoms with Crippen LogP contribution in [0.1, 0.15) is 0 Å². The summed E-state index contributed by atoms with van der Waals surface area (Å²) in [7, 11) is 0. The van der Waals surface area contributed by atoms with Crippen LogP contribution in [-0.2, 0) is 0 Å². The molecule has 0 atom stereocenters. The predicted octanol–water partition coefficient (Wildman–Crippen LogP) is 4.05. The topological polar surface area (TPSA) is 114 Å². The number of nitrogens with one attached hydrogen (secondary N) is 1. The lowest BCUT2D eigenvalue weighted by Crippen LogP contribution is -1.97. The minimum atomic E-state index is -0.446. The third kappa shape index (κ3) is 3.49. The molecule has 2 N–H and O–H groups in total. The Morgan fingerprint density at radius 2 is 1.67 bits per heavy atom. The Kier molecular flexibility index (Phi) is 4.06. The minimum Gasteiger partial charge on any atom is -0.508 e. The summed E-state index contributed by atoms with van der Waals surface area (Å²) < 4.78 is 0. The van der Waals surface area contributed by atoms with E-state index in [4.69, 9.17) is 0 Å². The van der Waals surface area contributed by atoms with Crippen LogP contribution in [0.25, 0.3) is 22.4 Å². The number of pyridine rings is 1. The van der Waals surface area contributed by atoms with Crippen LogP contribution < -0.4 is 5.32 Å². The van der Waals surface area contributed by atoms with Gasteiger partial charge in [0.05, 0.1) is 16.8 Å². The minimum absolute atomic E-state index is 0.0245. The molecule has 0 fully saturated rings. The average molecular weight is 359 g/mol. The molecule has 0 radical (unpaired) electrons. The van der Waals surface area contributed by atoms with Gasteiger partial charge in [0, 0.05) is 23.4 Å². The second kappa shape index (κ2) is 6.68. The van der Waals surface area contributed by atoms with E-state index in [0.29, 0.717) is 28.4 Å². The highest BCUT2D eigenvalue weighted by Crippen LogP contribution is 2.23. The summed E-state index contributed by atoms with van der Waals surface area (Å²) in [5, 5.41) is 23.2. The van der Waals surface area contributed by atoms with Gasteiger partial charge in [-0.2, -0.15) is 0 Å². The number of hydrogen-bond donors (Lipinski definition) is 2. The highest BCUT2D eigenvalue weighted by Gasteiger charge is 2.07. The monoisotopic (exact) mass is 359 g/mol. The molecule has 8 nitrogen and oxygen atoms in total. The van der Waals surface area contributed by atoms with Crippen molar-refractivity contribution in [3.63, 3.8) is 0 Å². The van der Waals surface area contributed by atoms with Crippen molar-refractivity contribution in [2.24, 2.45) is 0 Å². The molecule has 0 bridgehead atoms. The molecule has 27 heavy (non-hydrogen) atoms. The standard InChI is InChI=1S/C19H13N5O3/c25-15-7-1-12(2-8-15)17-11-20-16-9-10-18(23-19(16)22-17)21-13-3-5-14(6-4-13)24(26)27/h1-11,25H,(H,21,22,23). The normalized spacial score (nSPS) is 10.7. The Morgan fingerprint density at radius 1 is 0.926 bits per heavy atom. The molecular weight excluding hydrogens is 346 g/mol. The Morgan fingerprint density at radius 3 is 2.37 bits per heavy atom. The fraction of sp³-hybridized carbons (Fsp3) is 0. The summed E-state index contributed by atoms with van der Waals surface area (Å²) in [6.45, 7) is 0. The van der Waals surface area contributed by atoms with Gasteiger partial charge in [-0.3, -0.25) is 15.1 Å². The first-order valence-corrected chi connectivity index (χ1v) is 8.03. The lowest BCUT2D eigenvalue weighted by Gasteiger charge is -2.07. The lowest BCUT2D eigenvalue weighted by molar-refractivity contribution is -0.384. The molecule has 132 valence electrons. The third-order valence-electron chi connectivity index (χ3n) is 3.92. The van der Waals surface area contributed by atoms with Gasteiger partial charge in [-0.05, 0) is 48.5 Å². The van der Waals surface area contributed by atoms with Gasteiger partial charge in [0.2, 0.25) is 0 Å². The molecule has 0 aliphatic carbocycles. The first-order valence-electron chi connectivity index (χ1n) is 8.03. The molecule has 0 saturated heterocycles. The maximum atomic E-state index is 10.7. The van der Waals surface area contributed by atoms with Gasteiger partial charge in [-0.1, -0.05) is 0 Å². The fourth-order valence-electron chi connectivity index (χ4n) is 2.55. The van der Waals surface area contributed by atoms with Crippen LogP contribution in [0.15, 0.2) is 66.9 Å². The van der Waals surface area contributed by atoms with Crippen LogP contribution in [0.4, 0.5) is 17.2 Å². The number of phenolic OH excluding ortho intramolecular Hbond substituents is 1. The zero-order valence-corrected chi connectivity index (χ0v) is 13.9. The molecule has 4 aromatic rings. The molecular formula is C19H13N5O3. The smallest absolute Gasteiger partial charge is 0.269 e. The maximum Gasteiger partial charge on any atom is 0.269 e. The first kappa shape index (κ1) is 16.4. The van der Waals surface area contributed by atoms with Gasteiger partial charge >= 0.3 is 0 Å². The molecule has 4 rings (SSSR count). The number of aromatic hydroxyl groups is 1. The van der Waals surface area contributed by atoms with Crippen molar-refractivity contribution >= 4 is 28.4 Å². The van der Waals surface area contributed by atoms with Crippen molar-refractivity contribution in [1.82, 2.24) is 15.0 Å². The maximum absolute atomic E-state index is 10.7. The van der Waals surface area contributed by atoms with Crippen molar-refractivity contribution in [1.29, 1.82) is 0 Å². The number of nitro benzene ring substituents is 1. The largest absolute Gasteiger partial charge is 0.508 e. The van der Waals surface area contributed by atoms with E-state index in [1.54, 1.807) is 54.7 Å². The van der Waals surface area contributed by atoms with Crippen LogP contribution in [0.2, 0.25) is 0 Å². The Bertz CT molecular complexity index is 1130. The van der Waals surface area contributed by atoms with E-state index in [2.05, 4.69) is 20.3 Å². The summed E-state index contributed by atoms with van der Waals surface area (Å²) in [4.78, 5) is 23.6. The predicted molar refractivity (Wildman–Crippen MR) is 101 cm³/mol. The van der Waals surface area contributed by atoms with Crippen LogP contribution in [0.3, 0.4) is 0 Å². The van der Waals surface area contributed by atoms with Crippen LogP contribution in [0, 0.1) is 10.1 Å². The molecule has 0 saturated carbocycles. The fourth-order valence-corrected chi connectivity index (χ4v) is 2.55. The molecule has 2 aromatic heterocycles. The Labute approximate surface area is 153 Å². The lowest BCUT2D eigenvalue weighted by atomic mass is 10.1. The second-order valence-electron chi connectivity index (χ2n) is 5.77. The Hall–Kier alpha value is -4.07.